The number of nitrogens with one attached hydrogen (secondary N) is 1. The molecule has 146 valence electrons. The molecule has 0 aromatic heterocycles. The van der Waals surface area contributed by atoms with Crippen LogP contribution in [0.25, 0.3) is 0 Å². The number of fused-ring (bicyclic) bond motifs is 5. The van der Waals surface area contributed by atoms with Gasteiger partial charge < -0.3 is 10.1 Å². The molecule has 29 heavy (non-hydrogen) atoms. The number of ether oxygens (including phenoxy) is 1. The number of nitrogens with zero attached hydrogens (tertiary/aromatic N) is 1. The van der Waals surface area contributed by atoms with Crippen LogP contribution in [0.5, 0.6) is 5.75 Å². The first-order valence-electron chi connectivity index (χ1n) is 9.69. The second-order valence-corrected chi connectivity index (χ2v) is 7.71. The van der Waals surface area contributed by atoms with Gasteiger partial charge in [0.1, 0.15) is 5.75 Å². The Bertz CT molecular complexity index is 1030. The smallest absolute Gasteiger partial charge is 0.257 e. The summed E-state index contributed by atoms with van der Waals surface area (Å²) in [7, 11) is 1.56. The highest BCUT2D eigenvalue weighted by Crippen LogP contribution is 2.53. The van der Waals surface area contributed by atoms with E-state index in [1.807, 2.05) is 0 Å². The van der Waals surface area contributed by atoms with E-state index in [0.717, 1.165) is 6.42 Å². The number of carbonyl (C=O) groups excluding carboxylic acids is 3. The molecule has 2 bridgehead atoms. The highest BCUT2D eigenvalue weighted by molar-refractivity contribution is 6.25. The van der Waals surface area contributed by atoms with Crippen LogP contribution in [-0.2, 0) is 9.59 Å². The zero-order valence-electron chi connectivity index (χ0n) is 15.9. The molecule has 0 unspecified atom stereocenters. The number of rotatable bonds is 4. The van der Waals surface area contributed by atoms with E-state index in [4.69, 9.17) is 4.74 Å². The molecule has 1 saturated carbocycles. The Morgan fingerprint density at radius 1 is 1.00 bits per heavy atom. The summed E-state index contributed by atoms with van der Waals surface area (Å²) in [5, 5.41) is 2.83. The number of para-hydroxylation sites is 1. The summed E-state index contributed by atoms with van der Waals surface area (Å²) in [5.41, 5.74) is 1.20. The van der Waals surface area contributed by atoms with Crippen molar-refractivity contribution < 1.29 is 19.1 Å². The molecule has 0 spiro atoms. The summed E-state index contributed by atoms with van der Waals surface area (Å²) < 4.78 is 5.19. The molecule has 1 heterocycles. The van der Waals surface area contributed by atoms with Crippen molar-refractivity contribution in [1.82, 2.24) is 0 Å². The molecule has 0 radical (unpaired) electrons. The molecule has 2 aliphatic carbocycles. The maximum atomic E-state index is 13.1. The lowest BCUT2D eigenvalue weighted by Gasteiger charge is -2.20. The van der Waals surface area contributed by atoms with Crippen LogP contribution in [0.1, 0.15) is 16.8 Å². The molecule has 6 nitrogen and oxygen atoms in total. The van der Waals surface area contributed by atoms with Crippen LogP contribution in [-0.4, -0.2) is 24.8 Å². The predicted octanol–water partition coefficient (Wildman–Crippen LogP) is 3.26. The number of anilines is 2. The summed E-state index contributed by atoms with van der Waals surface area (Å²) in [5.74, 6) is -0.492. The van der Waals surface area contributed by atoms with Gasteiger partial charge in [-0.05, 0) is 42.5 Å². The lowest BCUT2D eigenvalue weighted by molar-refractivity contribution is -0.123. The van der Waals surface area contributed by atoms with E-state index in [-0.39, 0.29) is 47.0 Å². The van der Waals surface area contributed by atoms with Crippen molar-refractivity contribution in [3.05, 3.63) is 66.2 Å². The standard InChI is InChI=1S/C23H20N2O4/c1-29-16-6-4-5-15(12-16)24-21(26)17-7-2-3-8-18(17)25-22(27)19-13-9-10-14(11-13)20(19)23(25)28/h2-10,12-14,19-20H,11H2,1H3,(H,24,26)/t13-,14+,19-,20-/m0/s1. The van der Waals surface area contributed by atoms with E-state index in [2.05, 4.69) is 17.5 Å². The van der Waals surface area contributed by atoms with Gasteiger partial charge in [0.15, 0.2) is 0 Å². The van der Waals surface area contributed by atoms with Crippen LogP contribution in [0.15, 0.2) is 60.7 Å². The molecule has 6 heteroatoms. The van der Waals surface area contributed by atoms with Gasteiger partial charge in [0.25, 0.3) is 5.91 Å². The van der Waals surface area contributed by atoms with E-state index < -0.39 is 0 Å². The van der Waals surface area contributed by atoms with Gasteiger partial charge in [-0.3, -0.25) is 14.4 Å². The van der Waals surface area contributed by atoms with Crippen molar-refractivity contribution >= 4 is 29.1 Å². The van der Waals surface area contributed by atoms with Gasteiger partial charge in [-0.1, -0.05) is 30.4 Å². The number of hydrogen-bond acceptors (Lipinski definition) is 4. The summed E-state index contributed by atoms with van der Waals surface area (Å²) in [6, 6.07) is 13.8. The lowest BCUT2D eigenvalue weighted by Crippen LogP contribution is -2.34. The first-order valence-corrected chi connectivity index (χ1v) is 9.69. The summed E-state index contributed by atoms with van der Waals surface area (Å²) in [6.07, 6.45) is 4.99. The Morgan fingerprint density at radius 2 is 1.69 bits per heavy atom. The van der Waals surface area contributed by atoms with Crippen molar-refractivity contribution in [3.63, 3.8) is 0 Å². The highest BCUT2D eigenvalue weighted by atomic mass is 16.5. The van der Waals surface area contributed by atoms with Gasteiger partial charge in [0.05, 0.1) is 30.2 Å². The summed E-state index contributed by atoms with van der Waals surface area (Å²) in [4.78, 5) is 40.5. The van der Waals surface area contributed by atoms with Gasteiger partial charge in [0, 0.05) is 11.8 Å². The maximum absolute atomic E-state index is 13.1. The number of methoxy groups -OCH3 is 1. The number of amides is 3. The molecule has 3 amide bonds. The molecule has 1 N–H and O–H groups in total. The molecule has 2 aromatic rings. The third-order valence-electron chi connectivity index (χ3n) is 6.19. The minimum Gasteiger partial charge on any atom is -0.497 e. The largest absolute Gasteiger partial charge is 0.497 e. The van der Waals surface area contributed by atoms with Gasteiger partial charge in [-0.15, -0.1) is 0 Å². The average Bonchev–Trinajstić information content (AvgIpc) is 3.42. The van der Waals surface area contributed by atoms with Crippen molar-refractivity contribution in [2.24, 2.45) is 23.7 Å². The number of carbonyl (C=O) groups is 3. The Kier molecular flexibility index (Phi) is 4.01. The topological polar surface area (TPSA) is 75.7 Å². The number of imide groups is 1. The van der Waals surface area contributed by atoms with E-state index in [1.54, 1.807) is 55.6 Å². The Balaban J connectivity index is 1.46. The van der Waals surface area contributed by atoms with E-state index in [1.165, 1.54) is 4.90 Å². The van der Waals surface area contributed by atoms with Crippen LogP contribution in [0.4, 0.5) is 11.4 Å². The predicted molar refractivity (Wildman–Crippen MR) is 108 cm³/mol. The number of hydrogen-bond donors (Lipinski definition) is 1. The Labute approximate surface area is 168 Å². The van der Waals surface area contributed by atoms with Crippen molar-refractivity contribution in [3.8, 4) is 5.75 Å². The molecular weight excluding hydrogens is 368 g/mol. The second-order valence-electron chi connectivity index (χ2n) is 7.71. The fourth-order valence-corrected chi connectivity index (χ4v) is 4.90. The van der Waals surface area contributed by atoms with Crippen molar-refractivity contribution in [2.45, 2.75) is 6.42 Å². The third-order valence-corrected chi connectivity index (χ3v) is 6.19. The second kappa shape index (κ2) is 6.58. The van der Waals surface area contributed by atoms with Gasteiger partial charge >= 0.3 is 0 Å². The molecule has 3 aliphatic rings. The quantitative estimate of drug-likeness (QED) is 0.644. The Hall–Kier alpha value is -3.41. The molecule has 2 aromatic carbocycles. The minimum atomic E-state index is -0.382. The van der Waals surface area contributed by atoms with E-state index in [0.29, 0.717) is 17.1 Å². The molecule has 1 saturated heterocycles. The summed E-state index contributed by atoms with van der Waals surface area (Å²) in [6.45, 7) is 0. The van der Waals surface area contributed by atoms with Gasteiger partial charge in [-0.2, -0.15) is 0 Å². The number of benzene rings is 2. The fraction of sp³-hybridized carbons (Fsp3) is 0.261. The SMILES string of the molecule is COc1cccc(NC(=O)c2ccccc2N2C(=O)[C@@H]3[C@@H](C2=O)[C@H]2C=C[C@@H]3C2)c1. The van der Waals surface area contributed by atoms with Crippen molar-refractivity contribution in [2.75, 3.05) is 17.3 Å². The molecule has 1 aliphatic heterocycles. The van der Waals surface area contributed by atoms with Gasteiger partial charge in [0.2, 0.25) is 11.8 Å². The zero-order valence-corrected chi connectivity index (χ0v) is 15.9. The number of allylic oxidation sites excluding steroid dienone is 2. The fourth-order valence-electron chi connectivity index (χ4n) is 4.90. The van der Waals surface area contributed by atoms with Gasteiger partial charge in [-0.25, -0.2) is 4.90 Å². The van der Waals surface area contributed by atoms with Crippen LogP contribution in [0.2, 0.25) is 0 Å². The van der Waals surface area contributed by atoms with Crippen LogP contribution in [0.3, 0.4) is 0 Å². The van der Waals surface area contributed by atoms with E-state index >= 15 is 0 Å². The first-order chi connectivity index (χ1) is 14.1. The van der Waals surface area contributed by atoms with Crippen molar-refractivity contribution in [1.29, 1.82) is 0 Å². The third kappa shape index (κ3) is 2.67. The van der Waals surface area contributed by atoms with E-state index in [9.17, 15) is 14.4 Å². The average molecular weight is 388 g/mol. The molecular formula is C23H20N2O4. The summed E-state index contributed by atoms with van der Waals surface area (Å²) >= 11 is 0. The highest BCUT2D eigenvalue weighted by Gasteiger charge is 2.59. The molecule has 2 fully saturated rings. The molecule has 4 atom stereocenters. The minimum absolute atomic E-state index is 0.129. The maximum Gasteiger partial charge on any atom is 0.257 e. The van der Waals surface area contributed by atoms with Crippen LogP contribution in [0, 0.1) is 23.7 Å². The van der Waals surface area contributed by atoms with Crippen LogP contribution >= 0.6 is 0 Å². The normalized spacial score (nSPS) is 26.7. The van der Waals surface area contributed by atoms with Crippen LogP contribution < -0.4 is 15.0 Å². The molecule has 5 rings (SSSR count). The first kappa shape index (κ1) is 17.7. The lowest BCUT2D eigenvalue weighted by atomic mass is 9.85. The monoisotopic (exact) mass is 388 g/mol. The zero-order chi connectivity index (χ0) is 20.1. The Morgan fingerprint density at radius 3 is 2.38 bits per heavy atom.